The van der Waals surface area contributed by atoms with Crippen LogP contribution < -0.4 is 5.73 Å². The molecule has 1 aromatic carbocycles. The van der Waals surface area contributed by atoms with Gasteiger partial charge in [0.1, 0.15) is 0 Å². The lowest BCUT2D eigenvalue weighted by Gasteiger charge is -2.36. The van der Waals surface area contributed by atoms with E-state index < -0.39 is 0 Å². The molecule has 0 saturated carbocycles. The summed E-state index contributed by atoms with van der Waals surface area (Å²) < 4.78 is 0. The molecule has 0 aliphatic heterocycles. The first-order valence-electron chi connectivity index (χ1n) is 7.13. The van der Waals surface area contributed by atoms with E-state index in [9.17, 15) is 0 Å². The van der Waals surface area contributed by atoms with E-state index in [1.165, 1.54) is 5.56 Å². The monoisotopic (exact) mass is 303 g/mol. The second-order valence-corrected chi connectivity index (χ2v) is 5.92. The van der Waals surface area contributed by atoms with Gasteiger partial charge in [-0.05, 0) is 50.2 Å². The molecule has 2 aromatic rings. The van der Waals surface area contributed by atoms with Crippen LogP contribution in [0.3, 0.4) is 0 Å². The fraction of sp³-hybridized carbons (Fsp3) is 0.353. The number of rotatable bonds is 5. The molecule has 4 heteroatoms. The average Bonchev–Trinajstić information content (AvgIpc) is 2.48. The molecule has 3 nitrogen and oxygen atoms in total. The van der Waals surface area contributed by atoms with E-state index in [1.54, 1.807) is 6.20 Å². The third kappa shape index (κ3) is 3.82. The SMILES string of the molecule is CC(N)C(c1cccnc1)N(C)C(C)c1ccc(Cl)cc1. The largest absolute Gasteiger partial charge is 0.326 e. The van der Waals surface area contributed by atoms with Gasteiger partial charge in [0.2, 0.25) is 0 Å². The Morgan fingerprint density at radius 1 is 1.10 bits per heavy atom. The third-order valence-electron chi connectivity index (χ3n) is 3.93. The van der Waals surface area contributed by atoms with Crippen molar-refractivity contribution >= 4 is 11.6 Å². The topological polar surface area (TPSA) is 42.1 Å². The molecule has 0 bridgehead atoms. The first-order chi connectivity index (χ1) is 10.0. The summed E-state index contributed by atoms with van der Waals surface area (Å²) in [6, 6.07) is 12.4. The Labute approximate surface area is 131 Å². The number of aromatic nitrogens is 1. The van der Waals surface area contributed by atoms with Crippen molar-refractivity contribution < 1.29 is 0 Å². The van der Waals surface area contributed by atoms with E-state index in [0.717, 1.165) is 10.6 Å². The number of benzene rings is 1. The molecule has 3 atom stereocenters. The minimum absolute atomic E-state index is 0.00829. The number of likely N-dealkylation sites (N-methyl/N-ethyl adjacent to an activating group) is 1. The molecule has 1 heterocycles. The van der Waals surface area contributed by atoms with E-state index in [1.807, 2.05) is 31.3 Å². The number of nitrogens with zero attached hydrogens (tertiary/aromatic N) is 2. The van der Waals surface area contributed by atoms with Crippen molar-refractivity contribution in [2.24, 2.45) is 5.73 Å². The van der Waals surface area contributed by atoms with Crippen LogP contribution >= 0.6 is 11.6 Å². The van der Waals surface area contributed by atoms with Gasteiger partial charge in [-0.3, -0.25) is 9.88 Å². The predicted octanol–water partition coefficient (Wildman–Crippen LogP) is 3.82. The highest BCUT2D eigenvalue weighted by Crippen LogP contribution is 2.30. The van der Waals surface area contributed by atoms with Crippen molar-refractivity contribution in [3.8, 4) is 0 Å². The van der Waals surface area contributed by atoms with Crippen LogP contribution in [0.1, 0.15) is 37.1 Å². The van der Waals surface area contributed by atoms with Crippen LogP contribution in [0.4, 0.5) is 0 Å². The van der Waals surface area contributed by atoms with Gasteiger partial charge in [0.25, 0.3) is 0 Å². The molecule has 21 heavy (non-hydrogen) atoms. The van der Waals surface area contributed by atoms with Crippen molar-refractivity contribution in [2.75, 3.05) is 7.05 Å². The second-order valence-electron chi connectivity index (χ2n) is 5.48. The second kappa shape index (κ2) is 7.03. The van der Waals surface area contributed by atoms with Gasteiger partial charge in [0.05, 0.1) is 6.04 Å². The molecular weight excluding hydrogens is 282 g/mol. The Kier molecular flexibility index (Phi) is 5.34. The zero-order valence-corrected chi connectivity index (χ0v) is 13.5. The maximum atomic E-state index is 6.22. The molecule has 0 radical (unpaired) electrons. The van der Waals surface area contributed by atoms with Gasteiger partial charge < -0.3 is 5.73 Å². The molecule has 0 spiro atoms. The molecule has 112 valence electrons. The lowest BCUT2D eigenvalue weighted by molar-refractivity contribution is 0.165. The highest BCUT2D eigenvalue weighted by molar-refractivity contribution is 6.30. The van der Waals surface area contributed by atoms with Gasteiger partial charge >= 0.3 is 0 Å². The maximum absolute atomic E-state index is 6.22. The zero-order chi connectivity index (χ0) is 15.4. The first-order valence-corrected chi connectivity index (χ1v) is 7.51. The van der Waals surface area contributed by atoms with Gasteiger partial charge in [-0.25, -0.2) is 0 Å². The summed E-state index contributed by atoms with van der Waals surface area (Å²) in [7, 11) is 2.10. The summed E-state index contributed by atoms with van der Waals surface area (Å²) in [5.41, 5.74) is 8.57. The normalized spacial score (nSPS) is 15.7. The molecule has 0 amide bonds. The van der Waals surface area contributed by atoms with E-state index in [2.05, 4.69) is 42.1 Å². The van der Waals surface area contributed by atoms with E-state index in [-0.39, 0.29) is 18.1 Å². The smallest absolute Gasteiger partial charge is 0.0514 e. The van der Waals surface area contributed by atoms with Crippen molar-refractivity contribution in [1.29, 1.82) is 0 Å². The molecule has 0 aliphatic carbocycles. The molecule has 0 saturated heterocycles. The van der Waals surface area contributed by atoms with Gasteiger partial charge in [0, 0.05) is 29.5 Å². The van der Waals surface area contributed by atoms with E-state index in [4.69, 9.17) is 17.3 Å². The molecule has 1 aromatic heterocycles. The number of hydrogen-bond acceptors (Lipinski definition) is 3. The van der Waals surface area contributed by atoms with Crippen molar-refractivity contribution in [3.05, 3.63) is 64.9 Å². The number of pyridine rings is 1. The zero-order valence-electron chi connectivity index (χ0n) is 12.7. The Hall–Kier alpha value is -1.42. The first kappa shape index (κ1) is 16.0. The minimum atomic E-state index is 0.00829. The van der Waals surface area contributed by atoms with Gasteiger partial charge in [0.15, 0.2) is 0 Å². The summed E-state index contributed by atoms with van der Waals surface area (Å²) in [4.78, 5) is 6.50. The van der Waals surface area contributed by atoms with Crippen molar-refractivity contribution in [1.82, 2.24) is 9.88 Å². The van der Waals surface area contributed by atoms with Crippen LogP contribution in [-0.2, 0) is 0 Å². The maximum Gasteiger partial charge on any atom is 0.0514 e. The molecular formula is C17H22ClN3. The number of nitrogens with two attached hydrogens (primary N) is 1. The Morgan fingerprint density at radius 2 is 1.76 bits per heavy atom. The molecule has 3 unspecified atom stereocenters. The Morgan fingerprint density at radius 3 is 2.29 bits per heavy atom. The minimum Gasteiger partial charge on any atom is -0.326 e. The van der Waals surface area contributed by atoms with Crippen molar-refractivity contribution in [2.45, 2.75) is 32.0 Å². The summed E-state index contributed by atoms with van der Waals surface area (Å²) in [5.74, 6) is 0. The lowest BCUT2D eigenvalue weighted by Crippen LogP contribution is -2.38. The average molecular weight is 304 g/mol. The quantitative estimate of drug-likeness (QED) is 0.913. The highest BCUT2D eigenvalue weighted by Gasteiger charge is 2.25. The summed E-state index contributed by atoms with van der Waals surface area (Å²) >= 11 is 5.96. The van der Waals surface area contributed by atoms with Crippen LogP contribution in [0.5, 0.6) is 0 Å². The molecule has 2 rings (SSSR count). The van der Waals surface area contributed by atoms with Crippen molar-refractivity contribution in [3.63, 3.8) is 0 Å². The summed E-state index contributed by atoms with van der Waals surface area (Å²) in [5, 5.41) is 0.754. The number of halogens is 1. The summed E-state index contributed by atoms with van der Waals surface area (Å²) in [6.07, 6.45) is 3.67. The Balaban J connectivity index is 2.26. The standard InChI is InChI=1S/C17H22ClN3/c1-12(19)17(15-5-4-10-20-11-15)21(3)13(2)14-6-8-16(18)9-7-14/h4-13,17H,19H2,1-3H3. The molecule has 0 fully saturated rings. The molecule has 2 N–H and O–H groups in total. The van der Waals surface area contributed by atoms with Crippen LogP contribution in [0, 0.1) is 0 Å². The van der Waals surface area contributed by atoms with Gasteiger partial charge in [-0.2, -0.15) is 0 Å². The molecule has 0 aliphatic rings. The Bertz CT molecular complexity index is 554. The fourth-order valence-corrected chi connectivity index (χ4v) is 2.80. The number of hydrogen-bond donors (Lipinski definition) is 1. The summed E-state index contributed by atoms with van der Waals surface area (Å²) in [6.45, 7) is 4.21. The fourth-order valence-electron chi connectivity index (χ4n) is 2.68. The third-order valence-corrected chi connectivity index (χ3v) is 4.18. The van der Waals surface area contributed by atoms with Gasteiger partial charge in [-0.15, -0.1) is 0 Å². The van der Waals surface area contributed by atoms with Crippen LogP contribution in [0.2, 0.25) is 5.02 Å². The predicted molar refractivity (Wildman–Crippen MR) is 88.3 cm³/mol. The highest BCUT2D eigenvalue weighted by atomic mass is 35.5. The van der Waals surface area contributed by atoms with E-state index in [0.29, 0.717) is 0 Å². The van der Waals surface area contributed by atoms with Crippen LogP contribution in [0.25, 0.3) is 0 Å². The van der Waals surface area contributed by atoms with E-state index >= 15 is 0 Å². The van der Waals surface area contributed by atoms with Crippen LogP contribution in [0.15, 0.2) is 48.8 Å². The van der Waals surface area contributed by atoms with Crippen LogP contribution in [-0.4, -0.2) is 23.0 Å². The van der Waals surface area contributed by atoms with Gasteiger partial charge in [-0.1, -0.05) is 29.8 Å². The lowest BCUT2D eigenvalue weighted by atomic mass is 9.97.